The van der Waals surface area contributed by atoms with Gasteiger partial charge in [0.25, 0.3) is 5.91 Å². The van der Waals surface area contributed by atoms with E-state index in [-0.39, 0.29) is 11.7 Å². The van der Waals surface area contributed by atoms with Crippen LogP contribution in [0, 0.1) is 0 Å². The highest BCUT2D eigenvalue weighted by Gasteiger charge is 2.15. The minimum Gasteiger partial charge on any atom is -0.508 e. The number of benzene rings is 2. The minimum atomic E-state index is -0.155. The van der Waals surface area contributed by atoms with Gasteiger partial charge in [-0.15, -0.1) is 11.3 Å². The third-order valence-corrected chi connectivity index (χ3v) is 5.37. The molecule has 0 aliphatic rings. The Labute approximate surface area is 160 Å². The summed E-state index contributed by atoms with van der Waals surface area (Å²) in [6, 6.07) is 18.0. The van der Waals surface area contributed by atoms with Gasteiger partial charge in [-0.25, -0.2) is 0 Å². The Bertz CT molecular complexity index is 1100. The molecule has 2 aromatic carbocycles. The summed E-state index contributed by atoms with van der Waals surface area (Å²) in [4.78, 5) is 13.8. The van der Waals surface area contributed by atoms with Crippen LogP contribution in [0.25, 0.3) is 10.2 Å². The van der Waals surface area contributed by atoms with Gasteiger partial charge in [0.15, 0.2) is 0 Å². The molecule has 0 fully saturated rings. The Balaban J connectivity index is 1.52. The molecule has 2 aromatic heterocycles. The SMILES string of the molecule is Cn1c(C(=O)Nc2ccccc2COc2ccc(O)cc2)cc2ccsc21. The Morgan fingerprint density at radius 2 is 1.93 bits per heavy atom. The standard InChI is InChI=1S/C21H18N2O3S/c1-23-19(12-14-10-11-27-21(14)23)20(25)22-18-5-3-2-4-15(18)13-26-17-8-6-16(24)7-9-17/h2-12,24H,13H2,1H3,(H,22,25). The fraction of sp³-hybridized carbons (Fsp3) is 0.0952. The fourth-order valence-electron chi connectivity index (χ4n) is 2.92. The van der Waals surface area contributed by atoms with Crippen LogP contribution in [-0.2, 0) is 13.7 Å². The molecule has 2 N–H and O–H groups in total. The Kier molecular flexibility index (Phi) is 4.56. The molecule has 0 radical (unpaired) electrons. The van der Waals surface area contributed by atoms with Gasteiger partial charge < -0.3 is 19.7 Å². The maximum Gasteiger partial charge on any atom is 0.272 e. The molecule has 136 valence electrons. The highest BCUT2D eigenvalue weighted by atomic mass is 32.1. The summed E-state index contributed by atoms with van der Waals surface area (Å²) in [5.41, 5.74) is 2.20. The van der Waals surface area contributed by atoms with Crippen LogP contribution >= 0.6 is 11.3 Å². The third kappa shape index (κ3) is 3.52. The lowest BCUT2D eigenvalue weighted by Gasteiger charge is -2.13. The number of amides is 1. The smallest absolute Gasteiger partial charge is 0.272 e. The number of phenols is 1. The summed E-state index contributed by atoms with van der Waals surface area (Å²) in [5, 5.41) is 15.4. The van der Waals surface area contributed by atoms with E-state index in [2.05, 4.69) is 5.32 Å². The van der Waals surface area contributed by atoms with Crippen LogP contribution in [0.2, 0.25) is 0 Å². The number of aromatic hydroxyl groups is 1. The van der Waals surface area contributed by atoms with Gasteiger partial charge in [0.2, 0.25) is 0 Å². The summed E-state index contributed by atoms with van der Waals surface area (Å²) in [5.74, 6) is 0.687. The molecular weight excluding hydrogens is 360 g/mol. The van der Waals surface area contributed by atoms with Crippen LogP contribution in [0.1, 0.15) is 16.1 Å². The molecule has 1 amide bonds. The number of carbonyl (C=O) groups excluding carboxylic acids is 1. The summed E-state index contributed by atoms with van der Waals surface area (Å²) in [6.07, 6.45) is 0. The Hall–Kier alpha value is -3.25. The highest BCUT2D eigenvalue weighted by Crippen LogP contribution is 2.26. The molecule has 2 heterocycles. The maximum atomic E-state index is 12.8. The van der Waals surface area contributed by atoms with Crippen LogP contribution in [0.5, 0.6) is 11.5 Å². The number of aryl methyl sites for hydroxylation is 1. The van der Waals surface area contributed by atoms with Crippen molar-refractivity contribution in [3.63, 3.8) is 0 Å². The molecule has 0 aliphatic heterocycles. The maximum absolute atomic E-state index is 12.8. The van der Waals surface area contributed by atoms with Crippen molar-refractivity contribution in [1.29, 1.82) is 0 Å². The number of ether oxygens (including phenoxy) is 1. The van der Waals surface area contributed by atoms with Crippen LogP contribution < -0.4 is 10.1 Å². The van der Waals surface area contributed by atoms with Gasteiger partial charge in [-0.3, -0.25) is 4.79 Å². The van der Waals surface area contributed by atoms with Crippen molar-refractivity contribution in [3.05, 3.63) is 77.3 Å². The predicted octanol–water partition coefficient (Wildman–Crippen LogP) is 4.78. The number of hydrogen-bond acceptors (Lipinski definition) is 4. The molecule has 0 aliphatic carbocycles. The number of para-hydroxylation sites is 1. The van der Waals surface area contributed by atoms with E-state index < -0.39 is 0 Å². The molecule has 0 unspecified atom stereocenters. The molecule has 0 saturated carbocycles. The van der Waals surface area contributed by atoms with Crippen molar-refractivity contribution in [2.75, 3.05) is 5.32 Å². The van der Waals surface area contributed by atoms with Gasteiger partial charge in [0, 0.05) is 23.7 Å². The zero-order valence-electron chi connectivity index (χ0n) is 14.7. The van der Waals surface area contributed by atoms with Crippen molar-refractivity contribution >= 4 is 33.1 Å². The summed E-state index contributed by atoms with van der Waals surface area (Å²) in [6.45, 7) is 0.309. The average molecular weight is 378 g/mol. The molecule has 27 heavy (non-hydrogen) atoms. The lowest BCUT2D eigenvalue weighted by atomic mass is 10.2. The third-order valence-electron chi connectivity index (χ3n) is 4.36. The monoisotopic (exact) mass is 378 g/mol. The molecular formula is C21H18N2O3S. The molecule has 4 aromatic rings. The Morgan fingerprint density at radius 3 is 2.70 bits per heavy atom. The van der Waals surface area contributed by atoms with Crippen LogP contribution in [0.4, 0.5) is 5.69 Å². The van der Waals surface area contributed by atoms with Crippen LogP contribution in [0.3, 0.4) is 0 Å². The van der Waals surface area contributed by atoms with E-state index in [1.165, 1.54) is 0 Å². The first-order chi connectivity index (χ1) is 13.1. The lowest BCUT2D eigenvalue weighted by Crippen LogP contribution is -2.16. The van der Waals surface area contributed by atoms with Crippen molar-refractivity contribution < 1.29 is 14.6 Å². The first-order valence-electron chi connectivity index (χ1n) is 8.46. The number of rotatable bonds is 5. The zero-order chi connectivity index (χ0) is 18.8. The van der Waals surface area contributed by atoms with Gasteiger partial charge >= 0.3 is 0 Å². The van der Waals surface area contributed by atoms with E-state index in [0.717, 1.165) is 15.8 Å². The second-order valence-electron chi connectivity index (χ2n) is 6.16. The summed E-state index contributed by atoms with van der Waals surface area (Å²) < 4.78 is 7.68. The number of carbonyl (C=O) groups is 1. The van der Waals surface area contributed by atoms with Gasteiger partial charge in [-0.2, -0.15) is 0 Å². The summed E-state index contributed by atoms with van der Waals surface area (Å²) in [7, 11) is 1.90. The number of hydrogen-bond donors (Lipinski definition) is 2. The predicted molar refractivity (Wildman–Crippen MR) is 108 cm³/mol. The van der Waals surface area contributed by atoms with Crippen LogP contribution in [-0.4, -0.2) is 15.6 Å². The van der Waals surface area contributed by atoms with Gasteiger partial charge in [-0.05, 0) is 47.8 Å². The van der Waals surface area contributed by atoms with E-state index >= 15 is 0 Å². The zero-order valence-corrected chi connectivity index (χ0v) is 15.5. The summed E-state index contributed by atoms with van der Waals surface area (Å²) >= 11 is 1.61. The topological polar surface area (TPSA) is 63.5 Å². The van der Waals surface area contributed by atoms with Gasteiger partial charge in [-0.1, -0.05) is 18.2 Å². The van der Waals surface area contributed by atoms with Crippen molar-refractivity contribution in [3.8, 4) is 11.5 Å². The fourth-order valence-corrected chi connectivity index (χ4v) is 3.79. The normalized spacial score (nSPS) is 10.9. The average Bonchev–Trinajstić information content (AvgIpc) is 3.25. The molecule has 5 nitrogen and oxygen atoms in total. The number of anilines is 1. The van der Waals surface area contributed by atoms with E-state index in [0.29, 0.717) is 23.7 Å². The van der Waals surface area contributed by atoms with Crippen molar-refractivity contribution in [1.82, 2.24) is 4.57 Å². The number of aromatic nitrogens is 1. The van der Waals surface area contributed by atoms with E-state index in [1.54, 1.807) is 35.6 Å². The quantitative estimate of drug-likeness (QED) is 0.525. The molecule has 0 saturated heterocycles. The van der Waals surface area contributed by atoms with Crippen molar-refractivity contribution in [2.24, 2.45) is 7.05 Å². The molecule has 0 spiro atoms. The highest BCUT2D eigenvalue weighted by molar-refractivity contribution is 7.16. The van der Waals surface area contributed by atoms with E-state index in [4.69, 9.17) is 4.74 Å². The number of thiophene rings is 1. The number of nitrogens with one attached hydrogen (secondary N) is 1. The first-order valence-corrected chi connectivity index (χ1v) is 9.34. The van der Waals surface area contributed by atoms with E-state index in [1.807, 2.05) is 53.4 Å². The Morgan fingerprint density at radius 1 is 1.15 bits per heavy atom. The number of fused-ring (bicyclic) bond motifs is 1. The minimum absolute atomic E-state index is 0.155. The second-order valence-corrected chi connectivity index (χ2v) is 7.06. The first kappa shape index (κ1) is 17.2. The number of nitrogens with zero attached hydrogens (tertiary/aromatic N) is 1. The molecule has 0 bridgehead atoms. The molecule has 6 heteroatoms. The largest absolute Gasteiger partial charge is 0.508 e. The second kappa shape index (κ2) is 7.17. The lowest BCUT2D eigenvalue weighted by molar-refractivity contribution is 0.101. The van der Waals surface area contributed by atoms with Gasteiger partial charge in [0.1, 0.15) is 28.6 Å². The molecule has 0 atom stereocenters. The molecule has 4 rings (SSSR count). The van der Waals surface area contributed by atoms with Crippen molar-refractivity contribution in [2.45, 2.75) is 6.61 Å². The number of phenolic OH excluding ortho intramolecular Hbond substituents is 1. The van der Waals surface area contributed by atoms with E-state index in [9.17, 15) is 9.90 Å². The van der Waals surface area contributed by atoms with Crippen LogP contribution in [0.15, 0.2) is 66.0 Å². The van der Waals surface area contributed by atoms with Gasteiger partial charge in [0.05, 0.1) is 0 Å².